The maximum Gasteiger partial charge on any atom is 0.224 e. The summed E-state index contributed by atoms with van der Waals surface area (Å²) in [7, 11) is 0. The smallest absolute Gasteiger partial charge is 0.224 e. The van der Waals surface area contributed by atoms with E-state index in [9.17, 15) is 4.79 Å². The lowest BCUT2D eigenvalue weighted by Crippen LogP contribution is -2.41. The van der Waals surface area contributed by atoms with E-state index >= 15 is 0 Å². The van der Waals surface area contributed by atoms with Crippen molar-refractivity contribution in [2.45, 2.75) is 26.7 Å². The highest BCUT2D eigenvalue weighted by Gasteiger charge is 2.20. The molecule has 0 spiro atoms. The second kappa shape index (κ2) is 7.29. The molecule has 0 radical (unpaired) electrons. The molecule has 1 saturated heterocycles. The predicted molar refractivity (Wildman–Crippen MR) is 80.0 cm³/mol. The normalized spacial score (nSPS) is 18.6. The fraction of sp³-hybridized carbons (Fsp3) is 0.562. The minimum absolute atomic E-state index is 0.115. The molecule has 0 aromatic heterocycles. The van der Waals surface area contributed by atoms with E-state index in [0.717, 1.165) is 42.8 Å². The molecule has 0 saturated carbocycles. The number of aryl methyl sites for hydroxylation is 2. The van der Waals surface area contributed by atoms with Crippen molar-refractivity contribution in [3.8, 4) is 5.75 Å². The molecule has 2 N–H and O–H groups in total. The minimum Gasteiger partial charge on any atom is -0.491 e. The summed E-state index contributed by atoms with van der Waals surface area (Å²) < 4.78 is 5.77. The Hall–Kier alpha value is -1.55. The lowest BCUT2D eigenvalue weighted by Gasteiger charge is -2.22. The number of ether oxygens (including phenoxy) is 1. The molecule has 1 heterocycles. The first-order valence-corrected chi connectivity index (χ1v) is 7.36. The van der Waals surface area contributed by atoms with Gasteiger partial charge in [-0.25, -0.2) is 0 Å². The fourth-order valence-corrected chi connectivity index (χ4v) is 2.57. The third-order valence-corrected chi connectivity index (χ3v) is 3.72. The van der Waals surface area contributed by atoms with Crippen LogP contribution in [-0.2, 0) is 4.79 Å². The second-order valence-electron chi connectivity index (χ2n) is 5.40. The number of para-hydroxylation sites is 1. The zero-order valence-corrected chi connectivity index (χ0v) is 12.4. The Bertz CT molecular complexity index is 434. The maximum atomic E-state index is 11.9. The van der Waals surface area contributed by atoms with Gasteiger partial charge >= 0.3 is 0 Å². The Kier molecular flexibility index (Phi) is 5.41. The lowest BCUT2D eigenvalue weighted by atomic mass is 9.99. The molecular formula is C16H24N2O2. The molecule has 2 rings (SSSR count). The van der Waals surface area contributed by atoms with E-state index in [1.807, 2.05) is 32.0 Å². The third kappa shape index (κ3) is 3.97. The number of rotatable bonds is 5. The van der Waals surface area contributed by atoms with Crippen molar-refractivity contribution in [2.75, 3.05) is 26.2 Å². The van der Waals surface area contributed by atoms with Gasteiger partial charge in [0.05, 0.1) is 12.5 Å². The SMILES string of the molecule is Cc1cccc(C)c1OCCNC(=O)C1CCCNC1. The van der Waals surface area contributed by atoms with Crippen LogP contribution in [-0.4, -0.2) is 32.1 Å². The molecule has 20 heavy (non-hydrogen) atoms. The lowest BCUT2D eigenvalue weighted by molar-refractivity contribution is -0.125. The van der Waals surface area contributed by atoms with E-state index in [1.165, 1.54) is 0 Å². The van der Waals surface area contributed by atoms with Crippen molar-refractivity contribution in [1.82, 2.24) is 10.6 Å². The number of benzene rings is 1. The summed E-state index contributed by atoms with van der Waals surface area (Å²) in [6, 6.07) is 6.10. The summed E-state index contributed by atoms with van der Waals surface area (Å²) in [6.45, 7) is 6.97. The van der Waals surface area contributed by atoms with Crippen LogP contribution in [0.4, 0.5) is 0 Å². The first kappa shape index (κ1) is 14.9. The number of hydrogen-bond acceptors (Lipinski definition) is 3. The van der Waals surface area contributed by atoms with Crippen LogP contribution >= 0.6 is 0 Å². The number of nitrogens with one attached hydrogen (secondary N) is 2. The molecule has 1 amide bonds. The highest BCUT2D eigenvalue weighted by Crippen LogP contribution is 2.21. The molecule has 0 aliphatic carbocycles. The standard InChI is InChI=1S/C16H24N2O2/c1-12-5-3-6-13(2)15(12)20-10-9-18-16(19)14-7-4-8-17-11-14/h3,5-6,14,17H,4,7-11H2,1-2H3,(H,18,19). The zero-order valence-electron chi connectivity index (χ0n) is 12.4. The molecular weight excluding hydrogens is 252 g/mol. The highest BCUT2D eigenvalue weighted by atomic mass is 16.5. The van der Waals surface area contributed by atoms with E-state index in [2.05, 4.69) is 10.6 Å². The van der Waals surface area contributed by atoms with E-state index in [1.54, 1.807) is 0 Å². The van der Waals surface area contributed by atoms with Crippen molar-refractivity contribution in [1.29, 1.82) is 0 Å². The van der Waals surface area contributed by atoms with E-state index in [4.69, 9.17) is 4.74 Å². The molecule has 1 aromatic rings. The topological polar surface area (TPSA) is 50.4 Å². The summed E-state index contributed by atoms with van der Waals surface area (Å²) >= 11 is 0. The van der Waals surface area contributed by atoms with Crippen molar-refractivity contribution in [2.24, 2.45) is 5.92 Å². The van der Waals surface area contributed by atoms with Crippen LogP contribution in [0.3, 0.4) is 0 Å². The second-order valence-corrected chi connectivity index (χ2v) is 5.40. The van der Waals surface area contributed by atoms with Crippen molar-refractivity contribution < 1.29 is 9.53 Å². The van der Waals surface area contributed by atoms with Gasteiger partial charge in [0.15, 0.2) is 0 Å². The van der Waals surface area contributed by atoms with Crippen LogP contribution in [0.25, 0.3) is 0 Å². The van der Waals surface area contributed by atoms with Crippen LogP contribution in [0.2, 0.25) is 0 Å². The van der Waals surface area contributed by atoms with E-state index < -0.39 is 0 Å². The van der Waals surface area contributed by atoms with Crippen molar-refractivity contribution in [3.63, 3.8) is 0 Å². The molecule has 1 unspecified atom stereocenters. The minimum atomic E-state index is 0.115. The van der Waals surface area contributed by atoms with Crippen LogP contribution in [0, 0.1) is 19.8 Å². The van der Waals surface area contributed by atoms with Gasteiger partial charge in [0, 0.05) is 6.54 Å². The van der Waals surface area contributed by atoms with Crippen LogP contribution in [0.15, 0.2) is 18.2 Å². The molecule has 0 bridgehead atoms. The van der Waals surface area contributed by atoms with Crippen LogP contribution in [0.1, 0.15) is 24.0 Å². The maximum absolute atomic E-state index is 11.9. The molecule has 4 heteroatoms. The first-order valence-electron chi connectivity index (χ1n) is 7.36. The molecule has 110 valence electrons. The summed E-state index contributed by atoms with van der Waals surface area (Å²) in [5.74, 6) is 1.19. The van der Waals surface area contributed by atoms with Gasteiger partial charge in [-0.15, -0.1) is 0 Å². The predicted octanol–water partition coefficient (Wildman–Crippen LogP) is 1.80. The van der Waals surface area contributed by atoms with Gasteiger partial charge in [0.25, 0.3) is 0 Å². The van der Waals surface area contributed by atoms with Crippen LogP contribution in [0.5, 0.6) is 5.75 Å². The van der Waals surface area contributed by atoms with Gasteiger partial charge in [-0.1, -0.05) is 18.2 Å². The fourth-order valence-electron chi connectivity index (χ4n) is 2.57. The Balaban J connectivity index is 1.72. The highest BCUT2D eigenvalue weighted by molar-refractivity contribution is 5.78. The summed E-state index contributed by atoms with van der Waals surface area (Å²) in [6.07, 6.45) is 2.06. The summed E-state index contributed by atoms with van der Waals surface area (Å²) in [5, 5.41) is 6.21. The van der Waals surface area contributed by atoms with Gasteiger partial charge in [-0.05, 0) is 44.4 Å². The Morgan fingerprint density at radius 3 is 2.80 bits per heavy atom. The van der Waals surface area contributed by atoms with Crippen molar-refractivity contribution >= 4 is 5.91 Å². The van der Waals surface area contributed by atoms with Gasteiger partial charge < -0.3 is 15.4 Å². The molecule has 1 aliphatic heterocycles. The zero-order chi connectivity index (χ0) is 14.4. The molecule has 1 aromatic carbocycles. The Labute approximate surface area is 120 Å². The van der Waals surface area contributed by atoms with E-state index in [-0.39, 0.29) is 11.8 Å². The van der Waals surface area contributed by atoms with E-state index in [0.29, 0.717) is 13.2 Å². The van der Waals surface area contributed by atoms with Crippen molar-refractivity contribution in [3.05, 3.63) is 29.3 Å². The number of hydrogen-bond donors (Lipinski definition) is 2. The Morgan fingerprint density at radius 2 is 2.15 bits per heavy atom. The first-order chi connectivity index (χ1) is 9.68. The van der Waals surface area contributed by atoms with Gasteiger partial charge in [-0.2, -0.15) is 0 Å². The largest absolute Gasteiger partial charge is 0.491 e. The molecule has 1 fully saturated rings. The molecule has 4 nitrogen and oxygen atoms in total. The van der Waals surface area contributed by atoms with Gasteiger partial charge in [0.1, 0.15) is 12.4 Å². The monoisotopic (exact) mass is 276 g/mol. The quantitative estimate of drug-likeness (QED) is 0.806. The van der Waals surface area contributed by atoms with Crippen LogP contribution < -0.4 is 15.4 Å². The number of carbonyl (C=O) groups excluding carboxylic acids is 1. The average Bonchev–Trinajstić information content (AvgIpc) is 2.46. The Morgan fingerprint density at radius 1 is 1.40 bits per heavy atom. The summed E-state index contributed by atoms with van der Waals surface area (Å²) in [4.78, 5) is 11.9. The average molecular weight is 276 g/mol. The summed E-state index contributed by atoms with van der Waals surface area (Å²) in [5.41, 5.74) is 2.26. The number of amides is 1. The number of piperidine rings is 1. The molecule has 1 aliphatic rings. The van der Waals surface area contributed by atoms with Gasteiger partial charge in [0.2, 0.25) is 5.91 Å². The third-order valence-electron chi connectivity index (χ3n) is 3.72. The number of carbonyl (C=O) groups is 1. The van der Waals surface area contributed by atoms with Gasteiger partial charge in [-0.3, -0.25) is 4.79 Å². The molecule has 1 atom stereocenters.